The molecule has 3 nitrogen and oxygen atoms in total. The van der Waals surface area contributed by atoms with E-state index < -0.39 is 0 Å². The summed E-state index contributed by atoms with van der Waals surface area (Å²) in [6.07, 6.45) is 13.4. The summed E-state index contributed by atoms with van der Waals surface area (Å²) in [4.78, 5) is 2.30. The molecule has 2 fully saturated rings. The van der Waals surface area contributed by atoms with E-state index in [9.17, 15) is 5.11 Å². The van der Waals surface area contributed by atoms with Gasteiger partial charge in [0, 0.05) is 12.1 Å². The zero-order valence-electron chi connectivity index (χ0n) is 13.4. The molecule has 118 valence electrons. The summed E-state index contributed by atoms with van der Waals surface area (Å²) < 4.78 is 5.68. The molecule has 0 aromatic heterocycles. The molecule has 2 unspecified atom stereocenters. The second-order valence-electron chi connectivity index (χ2n) is 6.99. The van der Waals surface area contributed by atoms with Crippen LogP contribution in [0.3, 0.4) is 0 Å². The first-order chi connectivity index (χ1) is 9.65. The molecule has 0 bridgehead atoms. The number of aliphatic hydroxyl groups is 1. The lowest BCUT2D eigenvalue weighted by Crippen LogP contribution is -2.53. The lowest BCUT2D eigenvalue weighted by atomic mass is 9.81. The Morgan fingerprint density at radius 1 is 1.15 bits per heavy atom. The SMILES string of the molecule is CN(C)C1(C(O)CCCC2CCCO2)CCCCCC1. The van der Waals surface area contributed by atoms with Gasteiger partial charge in [0.25, 0.3) is 0 Å². The first-order valence-electron chi connectivity index (χ1n) is 8.62. The minimum absolute atomic E-state index is 0.0209. The Hall–Kier alpha value is -0.120. The van der Waals surface area contributed by atoms with Crippen LogP contribution in [0.25, 0.3) is 0 Å². The van der Waals surface area contributed by atoms with E-state index in [0.717, 1.165) is 38.7 Å². The van der Waals surface area contributed by atoms with Crippen LogP contribution in [-0.4, -0.2) is 48.5 Å². The van der Waals surface area contributed by atoms with Gasteiger partial charge >= 0.3 is 0 Å². The Bertz CT molecular complexity index is 266. The van der Waals surface area contributed by atoms with Crippen molar-refractivity contribution in [3.8, 4) is 0 Å². The maximum absolute atomic E-state index is 10.8. The van der Waals surface area contributed by atoms with Crippen molar-refractivity contribution < 1.29 is 9.84 Å². The lowest BCUT2D eigenvalue weighted by Gasteiger charge is -2.43. The van der Waals surface area contributed by atoms with Crippen LogP contribution < -0.4 is 0 Å². The van der Waals surface area contributed by atoms with Gasteiger partial charge in [-0.25, -0.2) is 0 Å². The molecule has 1 N–H and O–H groups in total. The quantitative estimate of drug-likeness (QED) is 0.759. The molecule has 1 aliphatic carbocycles. The van der Waals surface area contributed by atoms with Crippen molar-refractivity contribution in [1.82, 2.24) is 4.90 Å². The molecule has 2 atom stereocenters. The van der Waals surface area contributed by atoms with Crippen molar-refractivity contribution in [3.63, 3.8) is 0 Å². The first kappa shape index (κ1) is 16.3. The molecular formula is C17H33NO2. The van der Waals surface area contributed by atoms with Gasteiger partial charge in [0.2, 0.25) is 0 Å². The smallest absolute Gasteiger partial charge is 0.0723 e. The summed E-state index contributed by atoms with van der Waals surface area (Å²) in [5.41, 5.74) is 0.0209. The van der Waals surface area contributed by atoms with E-state index in [4.69, 9.17) is 4.74 Å². The van der Waals surface area contributed by atoms with E-state index in [-0.39, 0.29) is 11.6 Å². The van der Waals surface area contributed by atoms with Gasteiger partial charge in [-0.15, -0.1) is 0 Å². The fourth-order valence-electron chi connectivity index (χ4n) is 4.10. The highest BCUT2D eigenvalue weighted by Crippen LogP contribution is 2.36. The fraction of sp³-hybridized carbons (Fsp3) is 1.00. The topological polar surface area (TPSA) is 32.7 Å². The van der Waals surface area contributed by atoms with Gasteiger partial charge in [-0.1, -0.05) is 25.7 Å². The molecule has 0 radical (unpaired) electrons. The molecule has 20 heavy (non-hydrogen) atoms. The van der Waals surface area contributed by atoms with Gasteiger partial charge in [-0.2, -0.15) is 0 Å². The molecule has 0 amide bonds. The van der Waals surface area contributed by atoms with Crippen LogP contribution in [0.1, 0.15) is 70.6 Å². The normalized spacial score (nSPS) is 28.5. The summed E-state index contributed by atoms with van der Waals surface area (Å²) in [6.45, 7) is 0.939. The van der Waals surface area contributed by atoms with Crippen molar-refractivity contribution in [2.24, 2.45) is 0 Å². The third kappa shape index (κ3) is 3.96. The van der Waals surface area contributed by atoms with E-state index in [2.05, 4.69) is 19.0 Å². The summed E-state index contributed by atoms with van der Waals surface area (Å²) in [5, 5.41) is 10.8. The average Bonchev–Trinajstić information content (AvgIpc) is 2.80. The number of hydrogen-bond donors (Lipinski definition) is 1. The summed E-state index contributed by atoms with van der Waals surface area (Å²) in [5.74, 6) is 0. The number of likely N-dealkylation sites (N-methyl/N-ethyl adjacent to an activating group) is 1. The first-order valence-corrected chi connectivity index (χ1v) is 8.62. The van der Waals surface area contributed by atoms with Gasteiger partial charge in [-0.3, -0.25) is 0 Å². The Kier molecular flexibility index (Phi) is 6.31. The molecule has 0 aromatic carbocycles. The maximum atomic E-state index is 10.8. The number of aliphatic hydroxyl groups excluding tert-OH is 1. The molecule has 1 aliphatic heterocycles. The lowest BCUT2D eigenvalue weighted by molar-refractivity contribution is -0.0252. The molecule has 3 heteroatoms. The molecule has 1 saturated heterocycles. The van der Waals surface area contributed by atoms with Crippen LogP contribution >= 0.6 is 0 Å². The number of rotatable bonds is 6. The van der Waals surface area contributed by atoms with Gasteiger partial charge in [0.15, 0.2) is 0 Å². The Morgan fingerprint density at radius 3 is 2.40 bits per heavy atom. The molecule has 0 aromatic rings. The molecule has 2 aliphatic rings. The van der Waals surface area contributed by atoms with Crippen molar-refractivity contribution in [2.75, 3.05) is 20.7 Å². The highest BCUT2D eigenvalue weighted by molar-refractivity contribution is 4.95. The van der Waals surface area contributed by atoms with Crippen molar-refractivity contribution >= 4 is 0 Å². The number of nitrogens with zero attached hydrogens (tertiary/aromatic N) is 1. The Balaban J connectivity index is 1.83. The number of ether oxygens (including phenoxy) is 1. The minimum atomic E-state index is -0.183. The Labute approximate surface area is 124 Å². The van der Waals surface area contributed by atoms with E-state index in [1.807, 2.05) is 0 Å². The monoisotopic (exact) mass is 283 g/mol. The molecule has 1 saturated carbocycles. The summed E-state index contributed by atoms with van der Waals surface area (Å²) in [6, 6.07) is 0. The largest absolute Gasteiger partial charge is 0.391 e. The maximum Gasteiger partial charge on any atom is 0.0723 e. The highest BCUT2D eigenvalue weighted by atomic mass is 16.5. The number of hydrogen-bond acceptors (Lipinski definition) is 3. The van der Waals surface area contributed by atoms with Crippen molar-refractivity contribution in [1.29, 1.82) is 0 Å². The van der Waals surface area contributed by atoms with Gasteiger partial charge < -0.3 is 14.7 Å². The van der Waals surface area contributed by atoms with Crippen LogP contribution in [0, 0.1) is 0 Å². The van der Waals surface area contributed by atoms with Crippen LogP contribution in [0.4, 0.5) is 0 Å². The minimum Gasteiger partial charge on any atom is -0.391 e. The summed E-state index contributed by atoms with van der Waals surface area (Å²) in [7, 11) is 4.29. The summed E-state index contributed by atoms with van der Waals surface area (Å²) >= 11 is 0. The van der Waals surface area contributed by atoms with Crippen LogP contribution in [0.5, 0.6) is 0 Å². The van der Waals surface area contributed by atoms with E-state index in [1.54, 1.807) is 0 Å². The molecule has 0 spiro atoms. The third-order valence-corrected chi connectivity index (χ3v) is 5.51. The van der Waals surface area contributed by atoms with Crippen LogP contribution in [0.15, 0.2) is 0 Å². The second-order valence-corrected chi connectivity index (χ2v) is 6.99. The van der Waals surface area contributed by atoms with E-state index in [0.29, 0.717) is 6.10 Å². The van der Waals surface area contributed by atoms with Crippen LogP contribution in [0.2, 0.25) is 0 Å². The second kappa shape index (κ2) is 7.77. The average molecular weight is 283 g/mol. The van der Waals surface area contributed by atoms with Crippen molar-refractivity contribution in [2.45, 2.75) is 88.4 Å². The standard InChI is InChI=1S/C17H33NO2/c1-18(2)17(12-5-3-4-6-13-17)16(19)11-7-9-15-10-8-14-20-15/h15-16,19H,3-14H2,1-2H3. The highest BCUT2D eigenvalue weighted by Gasteiger charge is 2.39. The third-order valence-electron chi connectivity index (χ3n) is 5.51. The molecule has 2 rings (SSSR count). The van der Waals surface area contributed by atoms with Gasteiger partial charge in [0.05, 0.1) is 12.2 Å². The van der Waals surface area contributed by atoms with E-state index in [1.165, 1.54) is 38.5 Å². The predicted octanol–water partition coefficient (Wildman–Crippen LogP) is 3.35. The van der Waals surface area contributed by atoms with Gasteiger partial charge in [0.1, 0.15) is 0 Å². The van der Waals surface area contributed by atoms with Gasteiger partial charge in [-0.05, 0) is 59.0 Å². The molecule has 1 heterocycles. The fourth-order valence-corrected chi connectivity index (χ4v) is 4.10. The Morgan fingerprint density at radius 2 is 1.85 bits per heavy atom. The van der Waals surface area contributed by atoms with Crippen LogP contribution in [-0.2, 0) is 4.74 Å². The van der Waals surface area contributed by atoms with E-state index >= 15 is 0 Å². The van der Waals surface area contributed by atoms with Crippen molar-refractivity contribution in [3.05, 3.63) is 0 Å². The predicted molar refractivity (Wildman–Crippen MR) is 83.0 cm³/mol. The zero-order chi connectivity index (χ0) is 14.4. The zero-order valence-corrected chi connectivity index (χ0v) is 13.4. The molecular weight excluding hydrogens is 250 g/mol.